The zero-order chi connectivity index (χ0) is 17.8. The van der Waals surface area contributed by atoms with E-state index in [1.54, 1.807) is 0 Å². The van der Waals surface area contributed by atoms with Crippen molar-refractivity contribution in [1.82, 2.24) is 20.0 Å². The summed E-state index contributed by atoms with van der Waals surface area (Å²) in [4.78, 5) is 14.2. The number of likely N-dealkylation sites (N-methyl/N-ethyl adjacent to an activating group) is 1. The maximum atomic E-state index is 12.8. The van der Waals surface area contributed by atoms with Crippen LogP contribution < -0.4 is 5.32 Å². The fourth-order valence-corrected chi connectivity index (χ4v) is 2.74. The average molecular weight is 399 g/mol. The number of nitrogens with zero attached hydrogens (tertiary/aromatic N) is 3. The number of rotatable bonds is 7. The fourth-order valence-electron chi connectivity index (χ4n) is 2.23. The zero-order valence-corrected chi connectivity index (χ0v) is 15.3. The van der Waals surface area contributed by atoms with Crippen molar-refractivity contribution in [3.63, 3.8) is 0 Å². The van der Waals surface area contributed by atoms with Crippen molar-refractivity contribution in [2.24, 2.45) is 0 Å². The first-order chi connectivity index (χ1) is 10.6. The molecule has 0 bridgehead atoms. The Morgan fingerprint density at radius 1 is 1.39 bits per heavy atom. The largest absolute Gasteiger partial charge is 0.436 e. The van der Waals surface area contributed by atoms with Gasteiger partial charge >= 0.3 is 6.18 Å². The summed E-state index contributed by atoms with van der Waals surface area (Å²) in [5, 5.41) is 6.28. The molecule has 0 aliphatic carbocycles. The Morgan fingerprint density at radius 2 is 1.96 bits per heavy atom. The van der Waals surface area contributed by atoms with Crippen molar-refractivity contribution >= 4 is 21.8 Å². The minimum Gasteiger partial charge on any atom is -0.351 e. The van der Waals surface area contributed by atoms with Gasteiger partial charge in [-0.25, -0.2) is 0 Å². The number of aromatic nitrogens is 2. The molecule has 132 valence electrons. The molecule has 0 fully saturated rings. The van der Waals surface area contributed by atoms with E-state index < -0.39 is 11.9 Å². The summed E-state index contributed by atoms with van der Waals surface area (Å²) in [6.45, 7) is 9.59. The standard InChI is InChI=1S/C14H22BrF3N4O/c1-5-21(6-2)7-9(3)19-11(23)8-22-10(4)12(15)13(20-22)14(16,17)18/h9H,5-8H2,1-4H3,(H,19,23). The molecule has 0 aromatic carbocycles. The van der Waals surface area contributed by atoms with Crippen LogP contribution in [0.4, 0.5) is 13.2 Å². The lowest BCUT2D eigenvalue weighted by atomic mass is 10.3. The first-order valence-electron chi connectivity index (χ1n) is 7.41. The second-order valence-corrected chi connectivity index (χ2v) is 6.15. The Kier molecular flexibility index (Phi) is 7.06. The number of hydrogen-bond acceptors (Lipinski definition) is 3. The van der Waals surface area contributed by atoms with Crippen LogP contribution in [-0.2, 0) is 17.5 Å². The smallest absolute Gasteiger partial charge is 0.351 e. The summed E-state index contributed by atoms with van der Waals surface area (Å²) in [5.41, 5.74) is -0.747. The summed E-state index contributed by atoms with van der Waals surface area (Å²) < 4.78 is 39.3. The van der Waals surface area contributed by atoms with Gasteiger partial charge in [-0.3, -0.25) is 9.48 Å². The van der Waals surface area contributed by atoms with Crippen LogP contribution in [0.3, 0.4) is 0 Å². The minimum atomic E-state index is -4.55. The quantitative estimate of drug-likeness (QED) is 0.767. The molecule has 0 aliphatic heterocycles. The lowest BCUT2D eigenvalue weighted by molar-refractivity contribution is -0.142. The molecule has 1 unspecified atom stereocenters. The lowest BCUT2D eigenvalue weighted by Gasteiger charge is -2.23. The molecule has 1 aromatic heterocycles. The monoisotopic (exact) mass is 398 g/mol. The van der Waals surface area contributed by atoms with Gasteiger partial charge in [0.1, 0.15) is 6.54 Å². The van der Waals surface area contributed by atoms with Crippen LogP contribution in [0.15, 0.2) is 4.47 Å². The topological polar surface area (TPSA) is 50.2 Å². The van der Waals surface area contributed by atoms with Gasteiger partial charge in [-0.1, -0.05) is 13.8 Å². The second-order valence-electron chi connectivity index (χ2n) is 5.36. The van der Waals surface area contributed by atoms with E-state index in [1.807, 2.05) is 20.8 Å². The molecule has 0 spiro atoms. The highest BCUT2D eigenvalue weighted by Crippen LogP contribution is 2.35. The van der Waals surface area contributed by atoms with Gasteiger partial charge in [0.05, 0.1) is 10.2 Å². The van der Waals surface area contributed by atoms with Crippen LogP contribution in [0.25, 0.3) is 0 Å². The van der Waals surface area contributed by atoms with Crippen molar-refractivity contribution in [2.45, 2.75) is 46.5 Å². The van der Waals surface area contributed by atoms with Gasteiger partial charge in [-0.15, -0.1) is 0 Å². The Labute approximate surface area is 142 Å². The highest BCUT2D eigenvalue weighted by Gasteiger charge is 2.38. The van der Waals surface area contributed by atoms with E-state index in [2.05, 4.69) is 31.2 Å². The van der Waals surface area contributed by atoms with Gasteiger partial charge < -0.3 is 10.2 Å². The van der Waals surface area contributed by atoms with E-state index in [0.29, 0.717) is 6.54 Å². The van der Waals surface area contributed by atoms with Crippen molar-refractivity contribution in [1.29, 1.82) is 0 Å². The number of carbonyl (C=O) groups is 1. The van der Waals surface area contributed by atoms with E-state index in [4.69, 9.17) is 0 Å². The predicted molar refractivity (Wildman–Crippen MR) is 85.1 cm³/mol. The van der Waals surface area contributed by atoms with Crippen molar-refractivity contribution < 1.29 is 18.0 Å². The summed E-state index contributed by atoms with van der Waals surface area (Å²) >= 11 is 2.89. The predicted octanol–water partition coefficient (Wildman–Crippen LogP) is 2.82. The molecule has 0 aliphatic rings. The molecular weight excluding hydrogens is 377 g/mol. The third-order valence-corrected chi connectivity index (χ3v) is 4.48. The molecule has 1 N–H and O–H groups in total. The summed E-state index contributed by atoms with van der Waals surface area (Å²) in [6, 6.07) is -0.0937. The number of nitrogens with one attached hydrogen (secondary N) is 1. The van der Waals surface area contributed by atoms with Crippen LogP contribution in [0.5, 0.6) is 0 Å². The minimum absolute atomic E-state index is 0.0937. The Bertz CT molecular complexity index is 541. The maximum absolute atomic E-state index is 12.8. The van der Waals surface area contributed by atoms with Gasteiger partial charge in [-0.05, 0) is 42.9 Å². The maximum Gasteiger partial charge on any atom is 0.436 e. The molecule has 5 nitrogen and oxygen atoms in total. The Morgan fingerprint density at radius 3 is 2.39 bits per heavy atom. The van der Waals surface area contributed by atoms with Gasteiger partial charge in [-0.2, -0.15) is 18.3 Å². The first kappa shape index (κ1) is 20.0. The lowest BCUT2D eigenvalue weighted by Crippen LogP contribution is -2.43. The van der Waals surface area contributed by atoms with Crippen LogP contribution in [0.2, 0.25) is 0 Å². The van der Waals surface area contributed by atoms with E-state index in [0.717, 1.165) is 17.8 Å². The first-order valence-corrected chi connectivity index (χ1v) is 8.21. The number of amides is 1. The summed E-state index contributed by atoms with van der Waals surface area (Å²) in [5.74, 6) is -0.364. The molecule has 0 radical (unpaired) electrons. The molecule has 1 rings (SSSR count). The third kappa shape index (κ3) is 5.49. The highest BCUT2D eigenvalue weighted by molar-refractivity contribution is 9.10. The normalized spacial score (nSPS) is 13.4. The molecular formula is C14H22BrF3N4O. The number of hydrogen-bond donors (Lipinski definition) is 1. The SMILES string of the molecule is CCN(CC)CC(C)NC(=O)Cn1nc(C(F)(F)F)c(Br)c1C. The molecule has 0 saturated heterocycles. The molecule has 1 atom stereocenters. The number of halogens is 4. The highest BCUT2D eigenvalue weighted by atomic mass is 79.9. The van der Waals surface area contributed by atoms with E-state index in [-0.39, 0.29) is 28.7 Å². The van der Waals surface area contributed by atoms with Crippen LogP contribution in [0.1, 0.15) is 32.2 Å². The number of alkyl halides is 3. The molecule has 0 saturated carbocycles. The van der Waals surface area contributed by atoms with Crippen LogP contribution in [-0.4, -0.2) is 46.3 Å². The second kappa shape index (κ2) is 8.14. The summed E-state index contributed by atoms with van der Waals surface area (Å²) in [7, 11) is 0. The van der Waals surface area contributed by atoms with Gasteiger partial charge in [0, 0.05) is 12.6 Å². The van der Waals surface area contributed by atoms with E-state index >= 15 is 0 Å². The van der Waals surface area contributed by atoms with Crippen molar-refractivity contribution in [2.75, 3.05) is 19.6 Å². The average Bonchev–Trinajstić information content (AvgIpc) is 2.72. The van der Waals surface area contributed by atoms with Crippen molar-refractivity contribution in [3.05, 3.63) is 15.9 Å². The molecule has 9 heteroatoms. The molecule has 1 heterocycles. The molecule has 23 heavy (non-hydrogen) atoms. The van der Waals surface area contributed by atoms with Gasteiger partial charge in [0.2, 0.25) is 5.91 Å². The molecule has 1 aromatic rings. The Hall–Kier alpha value is -1.09. The van der Waals surface area contributed by atoms with Crippen LogP contribution >= 0.6 is 15.9 Å². The van der Waals surface area contributed by atoms with E-state index in [9.17, 15) is 18.0 Å². The van der Waals surface area contributed by atoms with Crippen LogP contribution in [0, 0.1) is 6.92 Å². The Balaban J connectivity index is 2.71. The van der Waals surface area contributed by atoms with E-state index in [1.165, 1.54) is 6.92 Å². The van der Waals surface area contributed by atoms with Gasteiger partial charge in [0.25, 0.3) is 0 Å². The summed E-state index contributed by atoms with van der Waals surface area (Å²) in [6.07, 6.45) is -4.55. The zero-order valence-electron chi connectivity index (χ0n) is 13.7. The molecule has 1 amide bonds. The van der Waals surface area contributed by atoms with Gasteiger partial charge in [0.15, 0.2) is 5.69 Å². The van der Waals surface area contributed by atoms with Crippen molar-refractivity contribution in [3.8, 4) is 0 Å². The number of carbonyl (C=O) groups excluding carboxylic acids is 1. The third-order valence-electron chi connectivity index (χ3n) is 3.53. The fraction of sp³-hybridized carbons (Fsp3) is 0.714.